The highest BCUT2D eigenvalue weighted by atomic mass is 27.2. The normalized spacial score (nSPS) is 9.46. The van der Waals surface area contributed by atoms with Gasteiger partial charge in [0.1, 0.15) is 0 Å². The molecule has 74 valence electrons. The molecule has 3 heteroatoms. The van der Waals surface area contributed by atoms with Gasteiger partial charge in [-0.05, 0) is 6.92 Å². The Labute approximate surface area is 85.4 Å². The van der Waals surface area contributed by atoms with Crippen molar-refractivity contribution in [1.82, 2.24) is 0 Å². The standard InChI is InChI=1S/C6H9O2.2C2H5.Al/c1-4-8-6(7)5(2)3;2*1-2;/h1-2,4H2,3H3;2*1H2,2H3;. The Balaban J connectivity index is 3.54. The van der Waals surface area contributed by atoms with Crippen LogP contribution in [-0.2, 0) is 9.53 Å². The molecule has 0 saturated heterocycles. The molecule has 0 fully saturated rings. The summed E-state index contributed by atoms with van der Waals surface area (Å²) in [5, 5.41) is 3.69. The van der Waals surface area contributed by atoms with Crippen molar-refractivity contribution in [2.45, 2.75) is 36.6 Å². The maximum Gasteiger partial charge on any atom is 0.333 e. The van der Waals surface area contributed by atoms with E-state index in [1.54, 1.807) is 6.92 Å². The van der Waals surface area contributed by atoms with Crippen LogP contribution in [0.4, 0.5) is 0 Å². The lowest BCUT2D eigenvalue weighted by Gasteiger charge is -2.07. The van der Waals surface area contributed by atoms with Crippen molar-refractivity contribution in [3.8, 4) is 0 Å². The van der Waals surface area contributed by atoms with Crippen LogP contribution in [0.3, 0.4) is 0 Å². The zero-order valence-corrected chi connectivity index (χ0v) is 10.1. The number of ether oxygens (including phenoxy) is 1. The summed E-state index contributed by atoms with van der Waals surface area (Å²) in [6.07, 6.45) is 0. The second-order valence-electron chi connectivity index (χ2n) is 3.39. The lowest BCUT2D eigenvalue weighted by Crippen LogP contribution is -2.14. The zero-order valence-electron chi connectivity index (χ0n) is 8.93. The van der Waals surface area contributed by atoms with Crippen LogP contribution < -0.4 is 0 Å². The largest absolute Gasteiger partial charge is 0.464 e. The third kappa shape index (κ3) is 5.90. The molecule has 0 N–H and O–H groups in total. The first kappa shape index (κ1) is 12.7. The predicted octanol–water partition coefficient (Wildman–Crippen LogP) is 2.64. The molecule has 0 atom stereocenters. The number of carbonyl (C=O) groups excluding carboxylic acids is 1. The molecule has 0 saturated carbocycles. The molecule has 2 nitrogen and oxygen atoms in total. The second kappa shape index (κ2) is 7.18. The van der Waals surface area contributed by atoms with Crippen LogP contribution in [0, 0.1) is 0 Å². The lowest BCUT2D eigenvalue weighted by atomic mass is 10.4. The van der Waals surface area contributed by atoms with Crippen LogP contribution in [0.25, 0.3) is 0 Å². The maximum absolute atomic E-state index is 11.0. The van der Waals surface area contributed by atoms with Gasteiger partial charge in [0.15, 0.2) is 0 Å². The average Bonchev–Trinajstić information content (AvgIpc) is 2.12. The van der Waals surface area contributed by atoms with Crippen LogP contribution in [0.1, 0.15) is 20.8 Å². The van der Waals surface area contributed by atoms with Crippen molar-refractivity contribution in [2.24, 2.45) is 0 Å². The second-order valence-corrected chi connectivity index (χ2v) is 7.33. The molecule has 0 aromatic heterocycles. The number of carbonyl (C=O) groups is 1. The maximum atomic E-state index is 11.0. The highest BCUT2D eigenvalue weighted by Crippen LogP contribution is 2.05. The van der Waals surface area contributed by atoms with Gasteiger partial charge >= 0.3 is 5.97 Å². The molecule has 0 rings (SSSR count). The van der Waals surface area contributed by atoms with Crippen molar-refractivity contribution in [2.75, 3.05) is 6.61 Å². The Hall–Kier alpha value is -0.258. The molecule has 0 unspecified atom stereocenters. The summed E-state index contributed by atoms with van der Waals surface area (Å²) < 4.78 is 5.03. The third-order valence-electron chi connectivity index (χ3n) is 2.26. The Kier molecular flexibility index (Phi) is 7.03. The molecule has 0 radical (unpaired) electrons. The van der Waals surface area contributed by atoms with E-state index in [-0.39, 0.29) is 5.97 Å². The fourth-order valence-corrected chi connectivity index (χ4v) is 2.98. The van der Waals surface area contributed by atoms with Crippen molar-refractivity contribution in [1.29, 1.82) is 0 Å². The van der Waals surface area contributed by atoms with Crippen LogP contribution in [0.5, 0.6) is 0 Å². The monoisotopic (exact) mass is 198 g/mol. The number of rotatable bonds is 6. The van der Waals surface area contributed by atoms with Gasteiger partial charge in [-0.1, -0.05) is 36.3 Å². The van der Waals surface area contributed by atoms with Gasteiger partial charge in [-0.3, -0.25) is 0 Å². The number of hydrogen-bond acceptors (Lipinski definition) is 2. The Morgan fingerprint density at radius 1 is 1.38 bits per heavy atom. The molecule has 0 spiro atoms. The van der Waals surface area contributed by atoms with Gasteiger partial charge in [0.25, 0.3) is 14.1 Å². The van der Waals surface area contributed by atoms with Crippen molar-refractivity contribution >= 4 is 20.1 Å². The Morgan fingerprint density at radius 3 is 2.31 bits per heavy atom. The molecule has 13 heavy (non-hydrogen) atoms. The van der Waals surface area contributed by atoms with Gasteiger partial charge in [-0.25, -0.2) is 4.79 Å². The number of esters is 1. The SMILES string of the molecule is C=C(C)C(=O)OC[CH2][Al]([CH2]C)[CH2]C. The molecule has 0 heterocycles. The van der Waals surface area contributed by atoms with Crippen molar-refractivity contribution < 1.29 is 9.53 Å². The van der Waals surface area contributed by atoms with Crippen LogP contribution >= 0.6 is 0 Å². The summed E-state index contributed by atoms with van der Waals surface area (Å²) in [7, 11) is 0. The summed E-state index contributed by atoms with van der Waals surface area (Å²) in [4.78, 5) is 11.0. The van der Waals surface area contributed by atoms with E-state index in [9.17, 15) is 4.79 Å². The van der Waals surface area contributed by atoms with Gasteiger partial charge in [-0.15, -0.1) is 0 Å². The van der Waals surface area contributed by atoms with E-state index >= 15 is 0 Å². The van der Waals surface area contributed by atoms with E-state index in [2.05, 4.69) is 20.4 Å². The first-order chi connectivity index (χ1) is 6.11. The van der Waals surface area contributed by atoms with E-state index in [0.29, 0.717) is 12.2 Å². The quantitative estimate of drug-likeness (QED) is 0.372. The van der Waals surface area contributed by atoms with E-state index in [1.165, 1.54) is 10.6 Å². The fourth-order valence-electron chi connectivity index (χ4n) is 1.14. The first-order valence-electron chi connectivity index (χ1n) is 4.94. The van der Waals surface area contributed by atoms with E-state index in [4.69, 9.17) is 4.74 Å². The smallest absolute Gasteiger partial charge is 0.333 e. The fraction of sp³-hybridized carbons (Fsp3) is 0.700. The van der Waals surface area contributed by atoms with Gasteiger partial charge < -0.3 is 4.74 Å². The molecule has 0 amide bonds. The molecule has 0 aliphatic carbocycles. The highest BCUT2D eigenvalue weighted by Gasteiger charge is 2.12. The van der Waals surface area contributed by atoms with Gasteiger partial charge in [0.05, 0.1) is 6.61 Å². The molecular formula is C10H19AlO2. The van der Waals surface area contributed by atoms with Gasteiger partial charge in [0, 0.05) is 5.57 Å². The predicted molar refractivity (Wildman–Crippen MR) is 57.3 cm³/mol. The Morgan fingerprint density at radius 2 is 1.92 bits per heavy atom. The minimum atomic E-state index is -0.589. The molecule has 0 aliphatic rings. The van der Waals surface area contributed by atoms with Crippen LogP contribution in [0.2, 0.25) is 15.8 Å². The topological polar surface area (TPSA) is 26.3 Å². The summed E-state index contributed by atoms with van der Waals surface area (Å²) in [5.41, 5.74) is 0.492. The van der Waals surface area contributed by atoms with Crippen LogP contribution in [-0.4, -0.2) is 26.7 Å². The molecule has 0 aromatic rings. The van der Waals surface area contributed by atoms with Gasteiger partial charge in [-0.2, -0.15) is 0 Å². The number of hydrogen-bond donors (Lipinski definition) is 0. The minimum absolute atomic E-state index is 0.250. The van der Waals surface area contributed by atoms with Crippen molar-refractivity contribution in [3.63, 3.8) is 0 Å². The highest BCUT2D eigenvalue weighted by molar-refractivity contribution is 6.58. The molecule has 0 aliphatic heterocycles. The molecular weight excluding hydrogens is 179 g/mol. The molecule has 0 bridgehead atoms. The zero-order chi connectivity index (χ0) is 10.3. The lowest BCUT2D eigenvalue weighted by molar-refractivity contribution is -0.138. The average molecular weight is 198 g/mol. The van der Waals surface area contributed by atoms with E-state index in [0.717, 1.165) is 5.28 Å². The third-order valence-corrected chi connectivity index (χ3v) is 5.62. The first-order valence-corrected chi connectivity index (χ1v) is 7.39. The summed E-state index contributed by atoms with van der Waals surface area (Å²) in [6, 6.07) is 0. The summed E-state index contributed by atoms with van der Waals surface area (Å²) >= 11 is -0.589. The van der Waals surface area contributed by atoms with E-state index in [1.807, 2.05) is 0 Å². The Bertz CT molecular complexity index is 174. The minimum Gasteiger partial charge on any atom is -0.464 e. The van der Waals surface area contributed by atoms with E-state index < -0.39 is 14.1 Å². The van der Waals surface area contributed by atoms with Crippen LogP contribution in [0.15, 0.2) is 12.2 Å². The van der Waals surface area contributed by atoms with Gasteiger partial charge in [0.2, 0.25) is 0 Å². The van der Waals surface area contributed by atoms with Crippen molar-refractivity contribution in [3.05, 3.63) is 12.2 Å². The molecule has 0 aromatic carbocycles. The summed E-state index contributed by atoms with van der Waals surface area (Å²) in [5.74, 6) is -0.250. The summed E-state index contributed by atoms with van der Waals surface area (Å²) in [6.45, 7) is 10.2.